The minimum Gasteiger partial charge on any atom is -0.389 e. The first kappa shape index (κ1) is 17.8. The summed E-state index contributed by atoms with van der Waals surface area (Å²) in [6.07, 6.45) is 1.79. The highest BCUT2D eigenvalue weighted by Crippen LogP contribution is 2.13. The molecule has 18 heavy (non-hydrogen) atoms. The first-order valence-corrected chi connectivity index (χ1v) is 6.98. The van der Waals surface area contributed by atoms with Gasteiger partial charge in [-0.15, -0.1) is 0 Å². The summed E-state index contributed by atoms with van der Waals surface area (Å²) >= 11 is 0. The maximum atomic E-state index is 9.73. The van der Waals surface area contributed by atoms with Gasteiger partial charge in [0.25, 0.3) is 0 Å². The van der Waals surface area contributed by atoms with Crippen LogP contribution in [-0.2, 0) is 4.74 Å². The topological polar surface area (TPSA) is 44.7 Å². The van der Waals surface area contributed by atoms with Crippen molar-refractivity contribution in [2.45, 2.75) is 39.7 Å². The van der Waals surface area contributed by atoms with E-state index in [0.717, 1.165) is 32.5 Å². The first-order chi connectivity index (χ1) is 8.37. The van der Waals surface area contributed by atoms with Gasteiger partial charge in [-0.1, -0.05) is 27.2 Å². The van der Waals surface area contributed by atoms with Gasteiger partial charge >= 0.3 is 0 Å². The molecule has 0 aliphatic heterocycles. The van der Waals surface area contributed by atoms with Gasteiger partial charge in [0.2, 0.25) is 0 Å². The fourth-order valence-corrected chi connectivity index (χ4v) is 2.01. The standard InChI is InChI=1S/C14H32N2O2/c1-6-7-8-18-10-13(17)9-15-11-14(2,3)12-16(4)5/h13,15,17H,6-12H2,1-5H3. The maximum Gasteiger partial charge on any atom is 0.0897 e. The molecule has 1 unspecified atom stereocenters. The van der Waals surface area contributed by atoms with Crippen LogP contribution in [0.4, 0.5) is 0 Å². The highest BCUT2D eigenvalue weighted by atomic mass is 16.5. The van der Waals surface area contributed by atoms with Crippen molar-refractivity contribution in [2.75, 3.05) is 46.9 Å². The maximum absolute atomic E-state index is 9.73. The monoisotopic (exact) mass is 260 g/mol. The number of nitrogens with zero attached hydrogens (tertiary/aromatic N) is 1. The number of aliphatic hydroxyl groups excluding tert-OH is 1. The molecule has 0 aromatic carbocycles. The van der Waals surface area contributed by atoms with Crippen LogP contribution < -0.4 is 5.32 Å². The molecule has 0 fully saturated rings. The third-order valence-electron chi connectivity index (χ3n) is 2.68. The zero-order valence-electron chi connectivity index (χ0n) is 12.8. The van der Waals surface area contributed by atoms with Crippen LogP contribution in [0.5, 0.6) is 0 Å². The predicted molar refractivity (Wildman–Crippen MR) is 76.9 cm³/mol. The number of ether oxygens (including phenoxy) is 1. The minimum absolute atomic E-state index is 0.215. The molecule has 0 spiro atoms. The van der Waals surface area contributed by atoms with Crippen molar-refractivity contribution in [1.82, 2.24) is 10.2 Å². The van der Waals surface area contributed by atoms with Crippen molar-refractivity contribution in [3.63, 3.8) is 0 Å². The third-order valence-corrected chi connectivity index (χ3v) is 2.68. The molecule has 0 rings (SSSR count). The van der Waals surface area contributed by atoms with Crippen LogP contribution in [0.3, 0.4) is 0 Å². The Hall–Kier alpha value is -0.160. The van der Waals surface area contributed by atoms with E-state index in [0.29, 0.717) is 13.2 Å². The molecular formula is C14H32N2O2. The van der Waals surface area contributed by atoms with Gasteiger partial charge in [0, 0.05) is 26.2 Å². The zero-order valence-corrected chi connectivity index (χ0v) is 12.8. The van der Waals surface area contributed by atoms with Gasteiger partial charge in [0.05, 0.1) is 12.7 Å². The Labute approximate surface area is 113 Å². The lowest BCUT2D eigenvalue weighted by molar-refractivity contribution is 0.0345. The number of hydrogen-bond acceptors (Lipinski definition) is 4. The SMILES string of the molecule is CCCCOCC(O)CNCC(C)(C)CN(C)C. The summed E-state index contributed by atoms with van der Waals surface area (Å²) in [5, 5.41) is 13.0. The quantitative estimate of drug-likeness (QED) is 0.550. The van der Waals surface area contributed by atoms with E-state index in [4.69, 9.17) is 4.74 Å². The molecule has 0 amide bonds. The van der Waals surface area contributed by atoms with Gasteiger partial charge in [0.15, 0.2) is 0 Å². The summed E-state index contributed by atoms with van der Waals surface area (Å²) in [6.45, 7) is 10.3. The summed E-state index contributed by atoms with van der Waals surface area (Å²) in [4.78, 5) is 2.19. The smallest absolute Gasteiger partial charge is 0.0897 e. The van der Waals surface area contributed by atoms with Gasteiger partial charge in [-0.25, -0.2) is 0 Å². The van der Waals surface area contributed by atoms with Crippen molar-refractivity contribution in [1.29, 1.82) is 0 Å². The predicted octanol–water partition coefficient (Wildman–Crippen LogP) is 1.34. The van der Waals surface area contributed by atoms with Crippen molar-refractivity contribution in [2.24, 2.45) is 5.41 Å². The molecule has 0 radical (unpaired) electrons. The van der Waals surface area contributed by atoms with E-state index in [2.05, 4.69) is 45.1 Å². The van der Waals surface area contributed by atoms with Crippen molar-refractivity contribution < 1.29 is 9.84 Å². The second-order valence-corrected chi connectivity index (χ2v) is 6.12. The second-order valence-electron chi connectivity index (χ2n) is 6.12. The van der Waals surface area contributed by atoms with Crippen LogP contribution >= 0.6 is 0 Å². The van der Waals surface area contributed by atoms with E-state index >= 15 is 0 Å². The van der Waals surface area contributed by atoms with E-state index in [1.54, 1.807) is 0 Å². The second kappa shape index (κ2) is 9.73. The van der Waals surface area contributed by atoms with Gasteiger partial charge in [0.1, 0.15) is 0 Å². The van der Waals surface area contributed by atoms with Crippen molar-refractivity contribution in [3.8, 4) is 0 Å². The number of hydrogen-bond donors (Lipinski definition) is 2. The summed E-state index contributed by atoms with van der Waals surface area (Å²) in [5.41, 5.74) is 0.215. The summed E-state index contributed by atoms with van der Waals surface area (Å²) < 4.78 is 5.38. The fraction of sp³-hybridized carbons (Fsp3) is 1.00. The minimum atomic E-state index is -0.406. The lowest BCUT2D eigenvalue weighted by Crippen LogP contribution is -2.41. The summed E-state index contributed by atoms with van der Waals surface area (Å²) in [7, 11) is 4.16. The Kier molecular flexibility index (Phi) is 9.64. The zero-order chi connectivity index (χ0) is 14.0. The summed E-state index contributed by atoms with van der Waals surface area (Å²) in [5.74, 6) is 0. The van der Waals surface area contributed by atoms with Crippen LogP contribution in [0, 0.1) is 5.41 Å². The number of nitrogens with one attached hydrogen (secondary N) is 1. The molecular weight excluding hydrogens is 228 g/mol. The molecule has 4 nitrogen and oxygen atoms in total. The first-order valence-electron chi connectivity index (χ1n) is 6.98. The molecule has 0 aliphatic carbocycles. The summed E-state index contributed by atoms with van der Waals surface area (Å²) in [6, 6.07) is 0. The Morgan fingerprint density at radius 3 is 2.56 bits per heavy atom. The lowest BCUT2D eigenvalue weighted by atomic mass is 9.93. The van der Waals surface area contributed by atoms with Gasteiger partial charge in [-0.05, 0) is 25.9 Å². The van der Waals surface area contributed by atoms with E-state index in [9.17, 15) is 5.11 Å². The van der Waals surface area contributed by atoms with Crippen LogP contribution in [0.25, 0.3) is 0 Å². The van der Waals surface area contributed by atoms with E-state index in [1.165, 1.54) is 0 Å². The number of unbranched alkanes of at least 4 members (excludes halogenated alkanes) is 1. The fourth-order valence-electron chi connectivity index (χ4n) is 2.01. The average Bonchev–Trinajstić information content (AvgIpc) is 2.22. The van der Waals surface area contributed by atoms with E-state index < -0.39 is 6.10 Å². The van der Waals surface area contributed by atoms with E-state index in [1.807, 2.05) is 0 Å². The van der Waals surface area contributed by atoms with Crippen LogP contribution in [0.15, 0.2) is 0 Å². The number of aliphatic hydroxyl groups is 1. The van der Waals surface area contributed by atoms with Gasteiger partial charge in [-0.3, -0.25) is 0 Å². The highest BCUT2D eigenvalue weighted by molar-refractivity contribution is 4.74. The third kappa shape index (κ3) is 11.0. The molecule has 0 aromatic heterocycles. The molecule has 1 atom stereocenters. The number of rotatable bonds is 11. The molecule has 0 heterocycles. The Bertz CT molecular complexity index is 196. The van der Waals surface area contributed by atoms with E-state index in [-0.39, 0.29) is 5.41 Å². The van der Waals surface area contributed by atoms with Crippen molar-refractivity contribution in [3.05, 3.63) is 0 Å². The Morgan fingerprint density at radius 1 is 1.33 bits per heavy atom. The molecule has 0 aromatic rings. The van der Waals surface area contributed by atoms with Crippen LogP contribution in [0.1, 0.15) is 33.6 Å². The molecule has 2 N–H and O–H groups in total. The average molecular weight is 260 g/mol. The molecule has 0 bridgehead atoms. The highest BCUT2D eigenvalue weighted by Gasteiger charge is 2.18. The molecule has 0 saturated carbocycles. The van der Waals surface area contributed by atoms with Gasteiger partial charge < -0.3 is 20.1 Å². The van der Waals surface area contributed by atoms with Crippen LogP contribution in [-0.4, -0.2) is 63.1 Å². The van der Waals surface area contributed by atoms with Crippen LogP contribution in [0.2, 0.25) is 0 Å². The normalized spacial score (nSPS) is 14.2. The van der Waals surface area contributed by atoms with Gasteiger partial charge in [-0.2, -0.15) is 0 Å². The molecule has 0 saturated heterocycles. The lowest BCUT2D eigenvalue weighted by Gasteiger charge is -2.29. The Morgan fingerprint density at radius 2 is 2.00 bits per heavy atom. The molecule has 0 aliphatic rings. The molecule has 4 heteroatoms. The molecule has 110 valence electrons. The largest absolute Gasteiger partial charge is 0.389 e. The van der Waals surface area contributed by atoms with Crippen molar-refractivity contribution >= 4 is 0 Å². The Balaban J connectivity index is 3.57.